The van der Waals surface area contributed by atoms with Crippen molar-refractivity contribution in [1.29, 1.82) is 0 Å². The quantitative estimate of drug-likeness (QED) is 0.809. The van der Waals surface area contributed by atoms with Crippen molar-refractivity contribution in [3.05, 3.63) is 35.4 Å². The van der Waals surface area contributed by atoms with E-state index in [1.54, 1.807) is 0 Å². The summed E-state index contributed by atoms with van der Waals surface area (Å²) in [6, 6.07) is 3.61. The lowest BCUT2D eigenvalue weighted by molar-refractivity contribution is 0.458. The van der Waals surface area contributed by atoms with Crippen LogP contribution in [-0.4, -0.2) is 6.54 Å². The summed E-state index contributed by atoms with van der Waals surface area (Å²) in [6.45, 7) is 7.04. The summed E-state index contributed by atoms with van der Waals surface area (Å²) in [5, 5.41) is 3.27. The SMILES string of the molecule is CCC(C)CNC(C)c1cc(F)cc(F)c1. The summed E-state index contributed by atoms with van der Waals surface area (Å²) in [6.07, 6.45) is 1.09. The van der Waals surface area contributed by atoms with Gasteiger partial charge in [-0.2, -0.15) is 0 Å². The Kier molecular flexibility index (Phi) is 4.87. The van der Waals surface area contributed by atoms with Crippen LogP contribution in [0.25, 0.3) is 0 Å². The van der Waals surface area contributed by atoms with Gasteiger partial charge in [0.1, 0.15) is 11.6 Å². The summed E-state index contributed by atoms with van der Waals surface area (Å²) in [4.78, 5) is 0. The van der Waals surface area contributed by atoms with Crippen molar-refractivity contribution in [1.82, 2.24) is 5.32 Å². The third-order valence-electron chi connectivity index (χ3n) is 2.85. The summed E-state index contributed by atoms with van der Waals surface area (Å²) in [5.74, 6) is -0.472. The Bertz CT molecular complexity index is 318. The first-order valence-electron chi connectivity index (χ1n) is 5.72. The Hall–Kier alpha value is -0.960. The molecule has 0 amide bonds. The Morgan fingerprint density at radius 2 is 1.69 bits per heavy atom. The maximum Gasteiger partial charge on any atom is 0.126 e. The molecule has 16 heavy (non-hydrogen) atoms. The van der Waals surface area contributed by atoms with Crippen molar-refractivity contribution in [2.75, 3.05) is 6.54 Å². The molecule has 0 fully saturated rings. The molecule has 0 spiro atoms. The zero-order valence-corrected chi connectivity index (χ0v) is 10.1. The molecule has 2 unspecified atom stereocenters. The number of hydrogen-bond donors (Lipinski definition) is 1. The standard InChI is InChI=1S/C13H19F2N/c1-4-9(2)8-16-10(3)11-5-12(14)7-13(15)6-11/h5-7,9-10,16H,4,8H2,1-3H3. The van der Waals surface area contributed by atoms with Crippen molar-refractivity contribution >= 4 is 0 Å². The van der Waals surface area contributed by atoms with Crippen LogP contribution in [0.4, 0.5) is 8.78 Å². The summed E-state index contributed by atoms with van der Waals surface area (Å²) in [5.41, 5.74) is 0.654. The molecule has 0 bridgehead atoms. The van der Waals surface area contributed by atoms with Crippen molar-refractivity contribution in [2.45, 2.75) is 33.2 Å². The van der Waals surface area contributed by atoms with Gasteiger partial charge in [0, 0.05) is 12.1 Å². The van der Waals surface area contributed by atoms with Gasteiger partial charge >= 0.3 is 0 Å². The van der Waals surface area contributed by atoms with Crippen molar-refractivity contribution < 1.29 is 8.78 Å². The fourth-order valence-electron chi connectivity index (χ4n) is 1.47. The van der Waals surface area contributed by atoms with Crippen molar-refractivity contribution in [2.24, 2.45) is 5.92 Å². The van der Waals surface area contributed by atoms with Gasteiger partial charge < -0.3 is 5.32 Å². The highest BCUT2D eigenvalue weighted by Gasteiger charge is 2.09. The highest BCUT2D eigenvalue weighted by molar-refractivity contribution is 5.20. The smallest absolute Gasteiger partial charge is 0.126 e. The zero-order chi connectivity index (χ0) is 12.1. The molecule has 0 aliphatic rings. The van der Waals surface area contributed by atoms with E-state index in [9.17, 15) is 8.78 Å². The second-order valence-electron chi connectivity index (χ2n) is 4.35. The molecular formula is C13H19F2N. The molecule has 0 saturated heterocycles. The van der Waals surface area contributed by atoms with Crippen molar-refractivity contribution in [3.63, 3.8) is 0 Å². The van der Waals surface area contributed by atoms with E-state index in [1.165, 1.54) is 12.1 Å². The average molecular weight is 227 g/mol. The third-order valence-corrected chi connectivity index (χ3v) is 2.85. The number of hydrogen-bond acceptors (Lipinski definition) is 1. The van der Waals surface area contributed by atoms with Crippen LogP contribution in [-0.2, 0) is 0 Å². The average Bonchev–Trinajstić information content (AvgIpc) is 2.23. The van der Waals surface area contributed by atoms with E-state index in [4.69, 9.17) is 0 Å². The minimum atomic E-state index is -0.521. The van der Waals surface area contributed by atoms with Gasteiger partial charge in [-0.1, -0.05) is 20.3 Å². The number of halogens is 2. The topological polar surface area (TPSA) is 12.0 Å². The van der Waals surface area contributed by atoms with Crippen LogP contribution in [0.15, 0.2) is 18.2 Å². The first kappa shape index (κ1) is 13.1. The summed E-state index contributed by atoms with van der Waals surface area (Å²) < 4.78 is 26.0. The van der Waals surface area contributed by atoms with E-state index in [0.717, 1.165) is 19.0 Å². The molecule has 1 nitrogen and oxygen atoms in total. The fourth-order valence-corrected chi connectivity index (χ4v) is 1.47. The van der Waals surface area contributed by atoms with E-state index in [-0.39, 0.29) is 6.04 Å². The van der Waals surface area contributed by atoms with E-state index >= 15 is 0 Å². The van der Waals surface area contributed by atoms with Crippen LogP contribution in [0.3, 0.4) is 0 Å². The van der Waals surface area contributed by atoms with Gasteiger partial charge in [-0.05, 0) is 37.1 Å². The molecule has 0 aromatic heterocycles. The molecule has 1 N–H and O–H groups in total. The van der Waals surface area contributed by atoms with Crippen LogP contribution in [0.5, 0.6) is 0 Å². The van der Waals surface area contributed by atoms with Crippen LogP contribution in [0, 0.1) is 17.6 Å². The molecule has 0 radical (unpaired) electrons. The molecule has 90 valence electrons. The van der Waals surface area contributed by atoms with Gasteiger partial charge in [-0.15, -0.1) is 0 Å². The highest BCUT2D eigenvalue weighted by Crippen LogP contribution is 2.16. The Balaban J connectivity index is 2.62. The van der Waals surface area contributed by atoms with E-state index in [1.807, 2.05) is 6.92 Å². The molecular weight excluding hydrogens is 208 g/mol. The van der Waals surface area contributed by atoms with Crippen LogP contribution in [0.1, 0.15) is 38.8 Å². The number of benzene rings is 1. The Labute approximate surface area is 95.9 Å². The van der Waals surface area contributed by atoms with E-state index in [0.29, 0.717) is 11.5 Å². The van der Waals surface area contributed by atoms with Gasteiger partial charge in [0.15, 0.2) is 0 Å². The highest BCUT2D eigenvalue weighted by atomic mass is 19.1. The van der Waals surface area contributed by atoms with E-state index in [2.05, 4.69) is 19.2 Å². The van der Waals surface area contributed by atoms with Gasteiger partial charge in [0.25, 0.3) is 0 Å². The normalized spacial score (nSPS) is 14.8. The predicted molar refractivity (Wildman–Crippen MR) is 62.2 cm³/mol. The lowest BCUT2D eigenvalue weighted by Gasteiger charge is -2.17. The first-order valence-corrected chi connectivity index (χ1v) is 5.72. The number of rotatable bonds is 5. The molecule has 1 aromatic rings. The minimum absolute atomic E-state index is 0.0285. The molecule has 1 aromatic carbocycles. The second-order valence-corrected chi connectivity index (χ2v) is 4.35. The van der Waals surface area contributed by atoms with Gasteiger partial charge in [0.2, 0.25) is 0 Å². The minimum Gasteiger partial charge on any atom is -0.310 e. The predicted octanol–water partition coefficient (Wildman–Crippen LogP) is 3.66. The monoisotopic (exact) mass is 227 g/mol. The van der Waals surface area contributed by atoms with Gasteiger partial charge in [-0.3, -0.25) is 0 Å². The van der Waals surface area contributed by atoms with Crippen LogP contribution < -0.4 is 5.32 Å². The molecule has 1 rings (SSSR count). The third kappa shape index (κ3) is 3.89. The maximum atomic E-state index is 13.0. The van der Waals surface area contributed by atoms with Gasteiger partial charge in [-0.25, -0.2) is 8.78 Å². The largest absolute Gasteiger partial charge is 0.310 e. The molecule has 0 aliphatic heterocycles. The lowest BCUT2D eigenvalue weighted by atomic mass is 10.1. The summed E-state index contributed by atoms with van der Waals surface area (Å²) in [7, 11) is 0. The molecule has 0 aliphatic carbocycles. The van der Waals surface area contributed by atoms with Crippen LogP contribution >= 0.6 is 0 Å². The fraction of sp³-hybridized carbons (Fsp3) is 0.538. The Morgan fingerprint density at radius 1 is 1.12 bits per heavy atom. The molecule has 0 heterocycles. The second kappa shape index (κ2) is 5.94. The summed E-state index contributed by atoms with van der Waals surface area (Å²) >= 11 is 0. The van der Waals surface area contributed by atoms with E-state index < -0.39 is 11.6 Å². The molecule has 3 heteroatoms. The number of nitrogens with one attached hydrogen (secondary N) is 1. The first-order chi connectivity index (χ1) is 7.52. The lowest BCUT2D eigenvalue weighted by Crippen LogP contribution is -2.24. The zero-order valence-electron chi connectivity index (χ0n) is 10.1. The Morgan fingerprint density at radius 3 is 2.19 bits per heavy atom. The molecule has 0 saturated carbocycles. The maximum absolute atomic E-state index is 13.0. The molecule has 2 atom stereocenters. The van der Waals surface area contributed by atoms with Crippen LogP contribution in [0.2, 0.25) is 0 Å². The van der Waals surface area contributed by atoms with Gasteiger partial charge in [0.05, 0.1) is 0 Å². The van der Waals surface area contributed by atoms with Crippen molar-refractivity contribution in [3.8, 4) is 0 Å².